The standard InChI is InChI=1S/C12H16N4S/c1-13-6-10-7-15-12(8-14-10)16(2)9-11-4-3-5-17-11/h3-5,7-8,13H,6,9H2,1-2H3. The van der Waals surface area contributed by atoms with Crippen LogP contribution in [0.5, 0.6) is 0 Å². The van der Waals surface area contributed by atoms with E-state index >= 15 is 0 Å². The van der Waals surface area contributed by atoms with Crippen LogP contribution in [0.1, 0.15) is 10.6 Å². The zero-order valence-corrected chi connectivity index (χ0v) is 10.9. The van der Waals surface area contributed by atoms with Gasteiger partial charge in [0.1, 0.15) is 5.82 Å². The molecule has 17 heavy (non-hydrogen) atoms. The Morgan fingerprint density at radius 2 is 2.24 bits per heavy atom. The Morgan fingerprint density at radius 1 is 1.35 bits per heavy atom. The highest BCUT2D eigenvalue weighted by Crippen LogP contribution is 2.15. The SMILES string of the molecule is CNCc1cnc(N(C)Cc2cccs2)cn1. The number of thiophene rings is 1. The number of nitrogens with one attached hydrogen (secondary N) is 1. The molecule has 2 aromatic rings. The van der Waals surface area contributed by atoms with Crippen molar-refractivity contribution >= 4 is 17.2 Å². The van der Waals surface area contributed by atoms with Crippen LogP contribution in [0.25, 0.3) is 0 Å². The molecule has 5 heteroatoms. The van der Waals surface area contributed by atoms with Crippen LogP contribution in [0, 0.1) is 0 Å². The van der Waals surface area contributed by atoms with Crippen molar-refractivity contribution < 1.29 is 0 Å². The number of nitrogens with zero attached hydrogens (tertiary/aromatic N) is 3. The second-order valence-electron chi connectivity index (χ2n) is 3.83. The largest absolute Gasteiger partial charge is 0.353 e. The van der Waals surface area contributed by atoms with Crippen molar-refractivity contribution in [2.45, 2.75) is 13.1 Å². The van der Waals surface area contributed by atoms with Gasteiger partial charge >= 0.3 is 0 Å². The molecule has 0 bridgehead atoms. The molecule has 0 spiro atoms. The summed E-state index contributed by atoms with van der Waals surface area (Å²) in [6.45, 7) is 1.62. The number of anilines is 1. The molecule has 0 atom stereocenters. The average Bonchev–Trinajstić information content (AvgIpc) is 2.83. The molecular weight excluding hydrogens is 232 g/mol. The second-order valence-corrected chi connectivity index (χ2v) is 4.86. The van der Waals surface area contributed by atoms with Crippen molar-refractivity contribution in [1.29, 1.82) is 0 Å². The lowest BCUT2D eigenvalue weighted by Gasteiger charge is -2.16. The molecule has 1 N–H and O–H groups in total. The monoisotopic (exact) mass is 248 g/mol. The molecule has 0 fully saturated rings. The summed E-state index contributed by atoms with van der Waals surface area (Å²) in [5, 5.41) is 5.14. The number of hydrogen-bond donors (Lipinski definition) is 1. The van der Waals surface area contributed by atoms with Crippen molar-refractivity contribution in [2.24, 2.45) is 0 Å². The first kappa shape index (κ1) is 12.0. The molecule has 2 aromatic heterocycles. The maximum Gasteiger partial charge on any atom is 0.147 e. The molecule has 0 radical (unpaired) electrons. The van der Waals surface area contributed by atoms with Crippen LogP contribution in [0.15, 0.2) is 29.9 Å². The van der Waals surface area contributed by atoms with Gasteiger partial charge in [-0.3, -0.25) is 4.98 Å². The van der Waals surface area contributed by atoms with Crippen molar-refractivity contribution in [2.75, 3.05) is 19.0 Å². The third-order valence-corrected chi connectivity index (χ3v) is 3.27. The van der Waals surface area contributed by atoms with Gasteiger partial charge in [0.25, 0.3) is 0 Å². The summed E-state index contributed by atoms with van der Waals surface area (Å²) in [5.74, 6) is 0.901. The summed E-state index contributed by atoms with van der Waals surface area (Å²) in [4.78, 5) is 12.2. The first-order chi connectivity index (χ1) is 8.29. The molecule has 0 aliphatic rings. The number of rotatable bonds is 5. The quantitative estimate of drug-likeness (QED) is 0.877. The Labute approximate surface area is 105 Å². The Morgan fingerprint density at radius 3 is 2.82 bits per heavy atom. The summed E-state index contributed by atoms with van der Waals surface area (Å²) in [7, 11) is 3.93. The van der Waals surface area contributed by atoms with Crippen LogP contribution >= 0.6 is 11.3 Å². The van der Waals surface area contributed by atoms with Crippen molar-refractivity contribution in [3.63, 3.8) is 0 Å². The maximum atomic E-state index is 4.41. The van der Waals surface area contributed by atoms with Gasteiger partial charge in [-0.05, 0) is 18.5 Å². The van der Waals surface area contributed by atoms with E-state index < -0.39 is 0 Å². The maximum absolute atomic E-state index is 4.41. The van der Waals surface area contributed by atoms with E-state index in [1.165, 1.54) is 4.88 Å². The molecule has 0 aromatic carbocycles. The Hall–Kier alpha value is -1.46. The highest BCUT2D eigenvalue weighted by molar-refractivity contribution is 7.09. The van der Waals surface area contributed by atoms with Crippen LogP contribution in [0.2, 0.25) is 0 Å². The fraction of sp³-hybridized carbons (Fsp3) is 0.333. The summed E-state index contributed by atoms with van der Waals surface area (Å²) in [6.07, 6.45) is 3.64. The number of hydrogen-bond acceptors (Lipinski definition) is 5. The zero-order valence-electron chi connectivity index (χ0n) is 10.1. The predicted octanol–water partition coefficient (Wildman–Crippen LogP) is 1.89. The van der Waals surface area contributed by atoms with Gasteiger partial charge in [-0.25, -0.2) is 4.98 Å². The van der Waals surface area contributed by atoms with Crippen molar-refractivity contribution in [3.8, 4) is 0 Å². The minimum Gasteiger partial charge on any atom is -0.353 e. The molecule has 90 valence electrons. The minimum atomic E-state index is 0.752. The lowest BCUT2D eigenvalue weighted by Crippen LogP contribution is -2.17. The van der Waals surface area contributed by atoms with E-state index in [0.717, 1.165) is 24.6 Å². The molecule has 0 aliphatic heterocycles. The molecule has 2 rings (SSSR count). The summed E-state index contributed by atoms with van der Waals surface area (Å²) < 4.78 is 0. The van der Waals surface area contributed by atoms with E-state index in [2.05, 4.69) is 37.7 Å². The summed E-state index contributed by atoms with van der Waals surface area (Å²) >= 11 is 1.76. The van der Waals surface area contributed by atoms with E-state index in [-0.39, 0.29) is 0 Å². The van der Waals surface area contributed by atoms with Crippen LogP contribution in [0.3, 0.4) is 0 Å². The number of aromatic nitrogens is 2. The molecule has 2 heterocycles. The van der Waals surface area contributed by atoms with Crippen LogP contribution in [0.4, 0.5) is 5.82 Å². The average molecular weight is 248 g/mol. The van der Waals surface area contributed by atoms with Crippen molar-refractivity contribution in [3.05, 3.63) is 40.5 Å². The van der Waals surface area contributed by atoms with E-state index in [1.807, 2.05) is 26.5 Å². The van der Waals surface area contributed by atoms with Crippen LogP contribution in [-0.2, 0) is 13.1 Å². The van der Waals surface area contributed by atoms with Gasteiger partial charge in [-0.15, -0.1) is 11.3 Å². The summed E-state index contributed by atoms with van der Waals surface area (Å²) in [5.41, 5.74) is 0.959. The highest BCUT2D eigenvalue weighted by atomic mass is 32.1. The lowest BCUT2D eigenvalue weighted by atomic mass is 10.4. The van der Waals surface area contributed by atoms with Gasteiger partial charge in [0.05, 0.1) is 24.6 Å². The van der Waals surface area contributed by atoms with E-state index in [1.54, 1.807) is 11.3 Å². The summed E-state index contributed by atoms with van der Waals surface area (Å²) in [6, 6.07) is 4.19. The van der Waals surface area contributed by atoms with Gasteiger partial charge in [0.2, 0.25) is 0 Å². The zero-order chi connectivity index (χ0) is 12.1. The Bertz CT molecular complexity index is 438. The third-order valence-electron chi connectivity index (χ3n) is 2.41. The van der Waals surface area contributed by atoms with E-state index in [0.29, 0.717) is 0 Å². The van der Waals surface area contributed by atoms with E-state index in [9.17, 15) is 0 Å². The van der Waals surface area contributed by atoms with Gasteiger partial charge in [0.15, 0.2) is 0 Å². The minimum absolute atomic E-state index is 0.752. The molecule has 0 saturated heterocycles. The lowest BCUT2D eigenvalue weighted by molar-refractivity contribution is 0.780. The second kappa shape index (κ2) is 5.75. The molecule has 0 saturated carbocycles. The third kappa shape index (κ3) is 3.25. The smallest absolute Gasteiger partial charge is 0.147 e. The van der Waals surface area contributed by atoms with E-state index in [4.69, 9.17) is 0 Å². The fourth-order valence-electron chi connectivity index (χ4n) is 1.53. The normalized spacial score (nSPS) is 10.5. The topological polar surface area (TPSA) is 41.1 Å². The van der Waals surface area contributed by atoms with Crippen LogP contribution in [-0.4, -0.2) is 24.1 Å². The Balaban J connectivity index is 2.01. The first-order valence-corrected chi connectivity index (χ1v) is 6.36. The fourth-order valence-corrected chi connectivity index (χ4v) is 2.29. The van der Waals surface area contributed by atoms with Gasteiger partial charge in [-0.2, -0.15) is 0 Å². The first-order valence-electron chi connectivity index (χ1n) is 5.48. The molecular formula is C12H16N4S. The Kier molecular flexibility index (Phi) is 4.06. The van der Waals surface area contributed by atoms with Crippen molar-refractivity contribution in [1.82, 2.24) is 15.3 Å². The molecule has 0 aliphatic carbocycles. The molecule has 4 nitrogen and oxygen atoms in total. The predicted molar refractivity (Wildman–Crippen MR) is 71.2 cm³/mol. The highest BCUT2D eigenvalue weighted by Gasteiger charge is 2.04. The van der Waals surface area contributed by atoms with Gasteiger partial charge < -0.3 is 10.2 Å². The van der Waals surface area contributed by atoms with Gasteiger partial charge in [-0.1, -0.05) is 6.07 Å². The van der Waals surface area contributed by atoms with Gasteiger partial charge in [0, 0.05) is 18.5 Å². The molecule has 0 unspecified atom stereocenters. The van der Waals surface area contributed by atoms with Crippen LogP contribution < -0.4 is 10.2 Å². The molecule has 0 amide bonds.